The van der Waals surface area contributed by atoms with Crippen molar-refractivity contribution < 1.29 is 28.6 Å². The topological polar surface area (TPSA) is 78.9 Å². The maximum absolute atomic E-state index is 12.8. The van der Waals surface area contributed by atoms with Gasteiger partial charge in [-0.1, -0.05) is 196 Å². The molecule has 0 saturated heterocycles. The van der Waals surface area contributed by atoms with Crippen LogP contribution in [0.4, 0.5) is 0 Å². The number of hydrogen-bond donors (Lipinski definition) is 0. The van der Waals surface area contributed by atoms with Gasteiger partial charge in [0.2, 0.25) is 0 Å². The molecular weight excluding hydrogens is 781 g/mol. The molecule has 0 rings (SSSR count). The largest absolute Gasteiger partial charge is 0.462 e. The predicted octanol–water partition coefficient (Wildman–Crippen LogP) is 17.2. The molecule has 6 heteroatoms. The summed E-state index contributed by atoms with van der Waals surface area (Å²) in [5.41, 5.74) is 0. The van der Waals surface area contributed by atoms with Crippen LogP contribution in [-0.2, 0) is 28.6 Å². The molecule has 0 fully saturated rings. The fraction of sp³-hybridized carbons (Fsp3) is 0.702. The van der Waals surface area contributed by atoms with Crippen molar-refractivity contribution in [1.29, 1.82) is 0 Å². The first kappa shape index (κ1) is 59.6. The Morgan fingerprint density at radius 3 is 1.05 bits per heavy atom. The highest BCUT2D eigenvalue weighted by molar-refractivity contribution is 5.71. The Kier molecular flexibility index (Phi) is 48.5. The van der Waals surface area contributed by atoms with Gasteiger partial charge in [-0.25, -0.2) is 0 Å². The fourth-order valence-electron chi connectivity index (χ4n) is 6.94. The van der Waals surface area contributed by atoms with Gasteiger partial charge in [0, 0.05) is 19.3 Å². The zero-order chi connectivity index (χ0) is 45.8. The molecule has 0 aromatic heterocycles. The number of carbonyl (C=O) groups excluding carboxylic acids is 3. The van der Waals surface area contributed by atoms with Crippen molar-refractivity contribution in [3.63, 3.8) is 0 Å². The first-order valence-electron chi connectivity index (χ1n) is 26.1. The summed E-state index contributed by atoms with van der Waals surface area (Å²) in [4.78, 5) is 38.0. The monoisotopic (exact) mass is 877 g/mol. The third-order valence-electron chi connectivity index (χ3n) is 10.9. The summed E-state index contributed by atoms with van der Waals surface area (Å²) in [7, 11) is 0. The standard InChI is InChI=1S/C57H96O6/c1-4-7-10-13-16-19-22-25-27-28-30-33-36-39-42-45-48-51-57(60)63-54(52-61-55(58)49-46-43-40-37-34-31-24-21-18-15-12-9-6-3)53-62-56(59)50-47-44-41-38-35-32-29-26-23-20-17-14-11-8-5-2/h8,11,17,20-21,24-27,29-30,33,39,42,54H,4-7,9-10,12-16,18-19,22-23,28,31-32,34-38,40-41,43-53H2,1-3H3/b11-8-,20-17-,24-21-,27-25-,29-26-,33-30-,42-39-/t54-/m0/s1. The molecule has 360 valence electrons. The normalized spacial score (nSPS) is 12.7. The van der Waals surface area contributed by atoms with E-state index in [0.29, 0.717) is 19.3 Å². The molecule has 0 heterocycles. The fourth-order valence-corrected chi connectivity index (χ4v) is 6.94. The van der Waals surface area contributed by atoms with Crippen molar-refractivity contribution in [2.75, 3.05) is 13.2 Å². The summed E-state index contributed by atoms with van der Waals surface area (Å²) in [5, 5.41) is 0. The molecular formula is C57H96O6. The van der Waals surface area contributed by atoms with E-state index in [2.05, 4.69) is 106 Å². The highest BCUT2D eigenvalue weighted by Crippen LogP contribution is 2.13. The van der Waals surface area contributed by atoms with E-state index < -0.39 is 6.10 Å². The Balaban J connectivity index is 4.51. The van der Waals surface area contributed by atoms with E-state index in [1.54, 1.807) is 0 Å². The minimum absolute atomic E-state index is 0.107. The van der Waals surface area contributed by atoms with Crippen molar-refractivity contribution >= 4 is 17.9 Å². The number of ether oxygens (including phenoxy) is 3. The summed E-state index contributed by atoms with van der Waals surface area (Å²) in [6.07, 6.45) is 65.7. The molecule has 0 aliphatic rings. The van der Waals surface area contributed by atoms with Crippen LogP contribution in [0.15, 0.2) is 85.1 Å². The Morgan fingerprint density at radius 1 is 0.333 bits per heavy atom. The molecule has 0 aliphatic heterocycles. The van der Waals surface area contributed by atoms with Crippen LogP contribution in [0.25, 0.3) is 0 Å². The lowest BCUT2D eigenvalue weighted by Gasteiger charge is -2.18. The molecule has 0 aromatic rings. The predicted molar refractivity (Wildman–Crippen MR) is 270 cm³/mol. The van der Waals surface area contributed by atoms with Gasteiger partial charge < -0.3 is 14.2 Å². The molecule has 6 nitrogen and oxygen atoms in total. The van der Waals surface area contributed by atoms with Crippen molar-refractivity contribution in [3.8, 4) is 0 Å². The third-order valence-corrected chi connectivity index (χ3v) is 10.9. The summed E-state index contributed by atoms with van der Waals surface area (Å²) < 4.78 is 16.7. The van der Waals surface area contributed by atoms with Crippen LogP contribution in [-0.4, -0.2) is 37.2 Å². The second-order valence-corrected chi connectivity index (χ2v) is 17.0. The lowest BCUT2D eigenvalue weighted by atomic mass is 10.1. The lowest BCUT2D eigenvalue weighted by molar-refractivity contribution is -0.167. The third kappa shape index (κ3) is 49.5. The minimum Gasteiger partial charge on any atom is -0.462 e. The van der Waals surface area contributed by atoms with Crippen LogP contribution >= 0.6 is 0 Å². The Morgan fingerprint density at radius 2 is 0.635 bits per heavy atom. The van der Waals surface area contributed by atoms with Gasteiger partial charge in [-0.3, -0.25) is 14.4 Å². The summed E-state index contributed by atoms with van der Waals surface area (Å²) in [6.45, 7) is 6.43. The van der Waals surface area contributed by atoms with E-state index in [4.69, 9.17) is 14.2 Å². The van der Waals surface area contributed by atoms with E-state index in [0.717, 1.165) is 109 Å². The van der Waals surface area contributed by atoms with Gasteiger partial charge in [-0.15, -0.1) is 0 Å². The number of hydrogen-bond acceptors (Lipinski definition) is 6. The van der Waals surface area contributed by atoms with Crippen LogP contribution in [0.5, 0.6) is 0 Å². The molecule has 0 radical (unpaired) electrons. The van der Waals surface area contributed by atoms with Crippen molar-refractivity contribution in [3.05, 3.63) is 85.1 Å². The molecule has 0 aromatic carbocycles. The van der Waals surface area contributed by atoms with Gasteiger partial charge >= 0.3 is 17.9 Å². The average Bonchev–Trinajstić information content (AvgIpc) is 3.28. The van der Waals surface area contributed by atoms with Gasteiger partial charge in [0.25, 0.3) is 0 Å². The van der Waals surface area contributed by atoms with E-state index in [9.17, 15) is 14.4 Å². The molecule has 1 atom stereocenters. The van der Waals surface area contributed by atoms with Gasteiger partial charge in [0.15, 0.2) is 6.10 Å². The molecule has 0 spiro atoms. The highest BCUT2D eigenvalue weighted by Gasteiger charge is 2.19. The Hall–Kier alpha value is -3.41. The van der Waals surface area contributed by atoms with Crippen LogP contribution in [0.3, 0.4) is 0 Å². The van der Waals surface area contributed by atoms with Crippen molar-refractivity contribution in [2.45, 2.75) is 245 Å². The molecule has 0 saturated carbocycles. The zero-order valence-corrected chi connectivity index (χ0v) is 41.1. The van der Waals surface area contributed by atoms with Crippen molar-refractivity contribution in [2.24, 2.45) is 0 Å². The first-order valence-corrected chi connectivity index (χ1v) is 26.1. The number of allylic oxidation sites excluding steroid dienone is 14. The zero-order valence-electron chi connectivity index (χ0n) is 41.1. The molecule has 63 heavy (non-hydrogen) atoms. The van der Waals surface area contributed by atoms with Gasteiger partial charge in [-0.05, 0) is 109 Å². The summed E-state index contributed by atoms with van der Waals surface area (Å²) in [6, 6.07) is 0. The number of rotatable bonds is 46. The molecule has 0 N–H and O–H groups in total. The number of carbonyl (C=O) groups is 3. The Labute approximate surface area is 388 Å². The molecule has 0 bridgehead atoms. The number of unbranched alkanes of at least 4 members (excludes halogenated alkanes) is 21. The first-order chi connectivity index (χ1) is 31.0. The van der Waals surface area contributed by atoms with Gasteiger partial charge in [-0.2, -0.15) is 0 Å². The SMILES string of the molecule is CC/C=C\C/C=C\C/C=C\CCCCCCCC(=O)OC[C@H](COC(=O)CCCCCCC/C=C\CCCCCC)OC(=O)CCC/C=C\C/C=C\C/C=C\CCCCCCCC. The van der Waals surface area contributed by atoms with Crippen molar-refractivity contribution in [1.82, 2.24) is 0 Å². The van der Waals surface area contributed by atoms with E-state index in [-0.39, 0.29) is 37.5 Å². The number of esters is 3. The second kappa shape index (κ2) is 51.2. The van der Waals surface area contributed by atoms with E-state index in [1.165, 1.54) is 83.5 Å². The van der Waals surface area contributed by atoms with E-state index in [1.807, 2.05) is 0 Å². The quantitative estimate of drug-likeness (QED) is 0.0262. The van der Waals surface area contributed by atoms with Crippen LogP contribution in [0.2, 0.25) is 0 Å². The second-order valence-electron chi connectivity index (χ2n) is 17.0. The summed E-state index contributed by atoms with van der Waals surface area (Å²) in [5.74, 6) is -0.987. The maximum Gasteiger partial charge on any atom is 0.306 e. The Bertz CT molecular complexity index is 1240. The highest BCUT2D eigenvalue weighted by atomic mass is 16.6. The average molecular weight is 877 g/mol. The van der Waals surface area contributed by atoms with E-state index >= 15 is 0 Å². The maximum atomic E-state index is 12.8. The molecule has 0 amide bonds. The summed E-state index contributed by atoms with van der Waals surface area (Å²) >= 11 is 0. The molecule has 0 unspecified atom stereocenters. The molecule has 0 aliphatic carbocycles. The minimum atomic E-state index is -0.813. The smallest absolute Gasteiger partial charge is 0.306 e. The van der Waals surface area contributed by atoms with Crippen LogP contribution < -0.4 is 0 Å². The lowest BCUT2D eigenvalue weighted by Crippen LogP contribution is -2.30. The van der Waals surface area contributed by atoms with Gasteiger partial charge in [0.05, 0.1) is 0 Å². The van der Waals surface area contributed by atoms with Crippen LogP contribution in [0, 0.1) is 0 Å². The van der Waals surface area contributed by atoms with Crippen LogP contribution in [0.1, 0.15) is 239 Å². The van der Waals surface area contributed by atoms with Gasteiger partial charge in [0.1, 0.15) is 13.2 Å².